The normalized spacial score (nSPS) is 17.3. The number of methoxy groups -OCH3 is 1. The lowest BCUT2D eigenvalue weighted by molar-refractivity contribution is -0.138. The number of nitrogens with zero attached hydrogens (tertiary/aromatic N) is 3. The number of alkyl halides is 3. The van der Waals surface area contributed by atoms with Gasteiger partial charge in [-0.05, 0) is 24.5 Å². The fourth-order valence-electron chi connectivity index (χ4n) is 3.06. The SMILES string of the molecule is COc1nccc(OC2CCCN(C(=O)Cc3cccc(C(F)(F)F)c3)C2)n1. The Balaban J connectivity index is 1.61. The van der Waals surface area contributed by atoms with Gasteiger partial charge in [0.1, 0.15) is 6.10 Å². The van der Waals surface area contributed by atoms with Gasteiger partial charge >= 0.3 is 12.2 Å². The first-order valence-corrected chi connectivity index (χ1v) is 8.83. The van der Waals surface area contributed by atoms with Crippen LogP contribution in [0.3, 0.4) is 0 Å². The summed E-state index contributed by atoms with van der Waals surface area (Å²) in [4.78, 5) is 22.2. The number of aromatic nitrogens is 2. The number of likely N-dealkylation sites (tertiary alicyclic amines) is 1. The minimum absolute atomic E-state index is 0.0853. The van der Waals surface area contributed by atoms with Gasteiger partial charge in [-0.25, -0.2) is 4.98 Å². The largest absolute Gasteiger partial charge is 0.472 e. The molecule has 150 valence electrons. The minimum Gasteiger partial charge on any atom is -0.472 e. The van der Waals surface area contributed by atoms with Crippen molar-refractivity contribution in [3.05, 3.63) is 47.7 Å². The molecule has 0 saturated carbocycles. The third-order valence-electron chi connectivity index (χ3n) is 4.42. The first-order valence-electron chi connectivity index (χ1n) is 8.83. The molecule has 2 heterocycles. The number of piperidine rings is 1. The number of carbonyl (C=O) groups excluding carboxylic acids is 1. The van der Waals surface area contributed by atoms with E-state index in [-0.39, 0.29) is 24.4 Å². The van der Waals surface area contributed by atoms with Gasteiger partial charge in [0, 0.05) is 18.8 Å². The number of halogens is 3. The smallest absolute Gasteiger partial charge is 0.416 e. The minimum atomic E-state index is -4.43. The van der Waals surface area contributed by atoms with E-state index in [1.165, 1.54) is 25.4 Å². The van der Waals surface area contributed by atoms with Gasteiger partial charge < -0.3 is 14.4 Å². The molecule has 1 aliphatic heterocycles. The lowest BCUT2D eigenvalue weighted by Crippen LogP contribution is -2.45. The molecule has 1 unspecified atom stereocenters. The Morgan fingerprint density at radius 2 is 2.14 bits per heavy atom. The summed E-state index contributed by atoms with van der Waals surface area (Å²) < 4.78 is 49.3. The van der Waals surface area contributed by atoms with E-state index < -0.39 is 11.7 Å². The number of carbonyl (C=O) groups is 1. The highest BCUT2D eigenvalue weighted by Crippen LogP contribution is 2.29. The zero-order valence-electron chi connectivity index (χ0n) is 15.3. The van der Waals surface area contributed by atoms with Gasteiger partial charge in [0.2, 0.25) is 11.8 Å². The predicted molar refractivity (Wildman–Crippen MR) is 94.0 cm³/mol. The number of benzene rings is 1. The molecule has 1 aliphatic rings. The molecule has 28 heavy (non-hydrogen) atoms. The van der Waals surface area contributed by atoms with Crippen LogP contribution in [-0.4, -0.2) is 47.1 Å². The summed E-state index contributed by atoms with van der Waals surface area (Å²) in [5, 5.41) is 0. The molecule has 2 aromatic rings. The Morgan fingerprint density at radius 1 is 1.32 bits per heavy atom. The molecule has 0 bridgehead atoms. The molecule has 1 fully saturated rings. The fraction of sp³-hybridized carbons (Fsp3) is 0.421. The number of ether oxygens (including phenoxy) is 2. The van der Waals surface area contributed by atoms with Crippen molar-refractivity contribution in [2.75, 3.05) is 20.2 Å². The highest BCUT2D eigenvalue weighted by Gasteiger charge is 2.31. The number of hydrogen-bond donors (Lipinski definition) is 0. The monoisotopic (exact) mass is 395 g/mol. The maximum atomic E-state index is 12.8. The van der Waals surface area contributed by atoms with Crippen LogP contribution in [0, 0.1) is 0 Å². The summed E-state index contributed by atoms with van der Waals surface area (Å²) in [6.45, 7) is 0.898. The standard InChI is InChI=1S/C19H20F3N3O3/c1-27-18-23-8-7-16(24-18)28-15-6-3-9-25(12-15)17(26)11-13-4-2-5-14(10-13)19(20,21)22/h2,4-5,7-8,10,15H,3,6,9,11-12H2,1H3. The average Bonchev–Trinajstić information content (AvgIpc) is 2.68. The summed E-state index contributed by atoms with van der Waals surface area (Å²) in [6.07, 6.45) is -1.76. The van der Waals surface area contributed by atoms with Crippen LogP contribution in [0.25, 0.3) is 0 Å². The van der Waals surface area contributed by atoms with E-state index in [0.717, 1.165) is 25.0 Å². The first kappa shape index (κ1) is 19.9. The van der Waals surface area contributed by atoms with Crippen molar-refractivity contribution in [2.45, 2.75) is 31.5 Å². The zero-order chi connectivity index (χ0) is 20.1. The Kier molecular flexibility index (Phi) is 6.01. The van der Waals surface area contributed by atoms with Gasteiger partial charge in [0.15, 0.2) is 0 Å². The molecular weight excluding hydrogens is 375 g/mol. The van der Waals surface area contributed by atoms with Gasteiger partial charge in [-0.15, -0.1) is 0 Å². The summed E-state index contributed by atoms with van der Waals surface area (Å²) >= 11 is 0. The molecule has 0 radical (unpaired) electrons. The highest BCUT2D eigenvalue weighted by atomic mass is 19.4. The highest BCUT2D eigenvalue weighted by molar-refractivity contribution is 5.79. The molecule has 0 aliphatic carbocycles. The Labute approximate surface area is 160 Å². The number of rotatable bonds is 5. The molecule has 1 amide bonds. The van der Waals surface area contributed by atoms with Crippen molar-refractivity contribution in [1.82, 2.24) is 14.9 Å². The molecule has 3 rings (SSSR count). The van der Waals surface area contributed by atoms with Crippen LogP contribution < -0.4 is 9.47 Å². The third kappa shape index (κ3) is 5.11. The van der Waals surface area contributed by atoms with Crippen LogP contribution in [0.1, 0.15) is 24.0 Å². The van der Waals surface area contributed by atoms with Crippen LogP contribution in [-0.2, 0) is 17.4 Å². The van der Waals surface area contributed by atoms with Crippen molar-refractivity contribution in [3.8, 4) is 11.9 Å². The second-order valence-electron chi connectivity index (χ2n) is 6.48. The van der Waals surface area contributed by atoms with Gasteiger partial charge in [0.05, 0.1) is 25.6 Å². The predicted octanol–water partition coefficient (Wildman–Crippen LogP) is 3.12. The molecule has 0 N–H and O–H groups in total. The molecule has 1 atom stereocenters. The fourth-order valence-corrected chi connectivity index (χ4v) is 3.06. The lowest BCUT2D eigenvalue weighted by Gasteiger charge is -2.32. The zero-order valence-corrected chi connectivity index (χ0v) is 15.3. The maximum absolute atomic E-state index is 12.8. The van der Waals surface area contributed by atoms with Crippen molar-refractivity contribution < 1.29 is 27.4 Å². The van der Waals surface area contributed by atoms with Crippen LogP contribution in [0.2, 0.25) is 0 Å². The van der Waals surface area contributed by atoms with Gasteiger partial charge in [-0.2, -0.15) is 18.2 Å². The van der Waals surface area contributed by atoms with Crippen molar-refractivity contribution in [2.24, 2.45) is 0 Å². The summed E-state index contributed by atoms with van der Waals surface area (Å²) in [7, 11) is 1.45. The molecule has 9 heteroatoms. The molecule has 1 aromatic carbocycles. The van der Waals surface area contributed by atoms with Gasteiger partial charge in [-0.1, -0.05) is 18.2 Å². The molecule has 0 spiro atoms. The average molecular weight is 395 g/mol. The van der Waals surface area contributed by atoms with E-state index in [9.17, 15) is 18.0 Å². The summed E-state index contributed by atoms with van der Waals surface area (Å²) in [5.41, 5.74) is -0.418. The quantitative estimate of drug-likeness (QED) is 0.778. The third-order valence-corrected chi connectivity index (χ3v) is 4.42. The first-order chi connectivity index (χ1) is 13.3. The molecule has 6 nitrogen and oxygen atoms in total. The van der Waals surface area contributed by atoms with Crippen molar-refractivity contribution in [3.63, 3.8) is 0 Å². The Bertz CT molecular complexity index is 829. The second-order valence-corrected chi connectivity index (χ2v) is 6.48. The number of amides is 1. The maximum Gasteiger partial charge on any atom is 0.416 e. The summed E-state index contributed by atoms with van der Waals surface area (Å²) in [6, 6.07) is 6.64. The van der Waals surface area contributed by atoms with E-state index in [0.29, 0.717) is 24.5 Å². The van der Waals surface area contributed by atoms with Crippen molar-refractivity contribution in [1.29, 1.82) is 0 Å². The Hall–Kier alpha value is -2.84. The van der Waals surface area contributed by atoms with Crippen LogP contribution in [0.4, 0.5) is 13.2 Å². The number of hydrogen-bond acceptors (Lipinski definition) is 5. The van der Waals surface area contributed by atoms with Gasteiger partial charge in [0.25, 0.3) is 0 Å². The molecule has 1 saturated heterocycles. The topological polar surface area (TPSA) is 64.6 Å². The Morgan fingerprint density at radius 3 is 2.89 bits per heavy atom. The second kappa shape index (κ2) is 8.45. The van der Waals surface area contributed by atoms with Gasteiger partial charge in [-0.3, -0.25) is 4.79 Å². The molecule has 1 aromatic heterocycles. The van der Waals surface area contributed by atoms with E-state index in [4.69, 9.17) is 9.47 Å². The van der Waals surface area contributed by atoms with Crippen LogP contribution in [0.15, 0.2) is 36.5 Å². The van der Waals surface area contributed by atoms with E-state index in [1.54, 1.807) is 11.0 Å². The molecular formula is C19H20F3N3O3. The van der Waals surface area contributed by atoms with E-state index in [1.807, 2.05) is 0 Å². The van der Waals surface area contributed by atoms with Crippen LogP contribution in [0.5, 0.6) is 11.9 Å². The lowest BCUT2D eigenvalue weighted by atomic mass is 10.0. The van der Waals surface area contributed by atoms with Crippen LogP contribution >= 0.6 is 0 Å². The van der Waals surface area contributed by atoms with E-state index in [2.05, 4.69) is 9.97 Å². The summed E-state index contributed by atoms with van der Waals surface area (Å²) in [5.74, 6) is 0.122. The van der Waals surface area contributed by atoms with E-state index >= 15 is 0 Å². The van der Waals surface area contributed by atoms with Crippen molar-refractivity contribution >= 4 is 5.91 Å².